The number of hydrogen-bond acceptors (Lipinski definition) is 3. The van der Waals surface area contributed by atoms with Crippen molar-refractivity contribution in [3.05, 3.63) is 35.9 Å². The fourth-order valence-corrected chi connectivity index (χ4v) is 2.35. The number of aromatic nitrogens is 1. The summed E-state index contributed by atoms with van der Waals surface area (Å²) in [7, 11) is 0. The molecule has 0 amide bonds. The van der Waals surface area contributed by atoms with Gasteiger partial charge in [-0.3, -0.25) is 0 Å². The smallest absolute Gasteiger partial charge is 0.134 e. The van der Waals surface area contributed by atoms with Crippen molar-refractivity contribution in [1.82, 2.24) is 4.98 Å². The SMILES string of the molecule is CCN(CC(C)C)c1nc2ccccc2cc1CO. The van der Waals surface area contributed by atoms with Crippen LogP contribution in [0.25, 0.3) is 10.9 Å². The van der Waals surface area contributed by atoms with Crippen molar-refractivity contribution in [2.45, 2.75) is 27.4 Å². The van der Waals surface area contributed by atoms with E-state index in [0.29, 0.717) is 5.92 Å². The average molecular weight is 258 g/mol. The van der Waals surface area contributed by atoms with Gasteiger partial charge in [0.1, 0.15) is 5.82 Å². The van der Waals surface area contributed by atoms with E-state index in [1.54, 1.807) is 0 Å². The fourth-order valence-electron chi connectivity index (χ4n) is 2.35. The Kier molecular flexibility index (Phi) is 4.38. The minimum Gasteiger partial charge on any atom is -0.392 e. The molecule has 1 heterocycles. The van der Waals surface area contributed by atoms with Crippen molar-refractivity contribution >= 4 is 16.7 Å². The van der Waals surface area contributed by atoms with E-state index < -0.39 is 0 Å². The number of nitrogens with zero attached hydrogens (tertiary/aromatic N) is 2. The van der Waals surface area contributed by atoms with Crippen molar-refractivity contribution in [3.63, 3.8) is 0 Å². The van der Waals surface area contributed by atoms with Crippen LogP contribution >= 0.6 is 0 Å². The molecule has 0 saturated heterocycles. The maximum absolute atomic E-state index is 9.59. The number of benzene rings is 1. The number of aliphatic hydroxyl groups is 1. The molecular weight excluding hydrogens is 236 g/mol. The summed E-state index contributed by atoms with van der Waals surface area (Å²) in [6.07, 6.45) is 0. The van der Waals surface area contributed by atoms with Gasteiger partial charge in [0, 0.05) is 24.0 Å². The van der Waals surface area contributed by atoms with E-state index in [1.165, 1.54) is 0 Å². The van der Waals surface area contributed by atoms with Crippen LogP contribution in [0.4, 0.5) is 5.82 Å². The molecule has 0 unspecified atom stereocenters. The average Bonchev–Trinajstić information content (AvgIpc) is 2.43. The van der Waals surface area contributed by atoms with Gasteiger partial charge < -0.3 is 10.0 Å². The zero-order chi connectivity index (χ0) is 13.8. The molecule has 0 radical (unpaired) electrons. The van der Waals surface area contributed by atoms with Crippen LogP contribution < -0.4 is 4.90 Å². The van der Waals surface area contributed by atoms with Crippen molar-refractivity contribution in [3.8, 4) is 0 Å². The van der Waals surface area contributed by atoms with Crippen LogP contribution in [0.1, 0.15) is 26.3 Å². The van der Waals surface area contributed by atoms with Crippen molar-refractivity contribution in [1.29, 1.82) is 0 Å². The van der Waals surface area contributed by atoms with Gasteiger partial charge in [-0.25, -0.2) is 4.98 Å². The number of para-hydroxylation sites is 1. The van der Waals surface area contributed by atoms with Crippen LogP contribution in [0.2, 0.25) is 0 Å². The van der Waals surface area contributed by atoms with E-state index in [2.05, 4.69) is 25.7 Å². The molecule has 1 aromatic carbocycles. The standard InChI is InChI=1S/C16H22N2O/c1-4-18(10-12(2)3)16-14(11-19)9-13-7-5-6-8-15(13)17-16/h5-9,12,19H,4,10-11H2,1-3H3. The molecular formula is C16H22N2O. The molecule has 0 spiro atoms. The number of rotatable bonds is 5. The predicted octanol–water partition coefficient (Wildman–Crippen LogP) is 3.21. The maximum atomic E-state index is 9.59. The van der Waals surface area contributed by atoms with Crippen LogP contribution in [-0.2, 0) is 6.61 Å². The largest absolute Gasteiger partial charge is 0.392 e. The molecule has 19 heavy (non-hydrogen) atoms. The first-order valence-electron chi connectivity index (χ1n) is 6.90. The lowest BCUT2D eigenvalue weighted by molar-refractivity contribution is 0.281. The summed E-state index contributed by atoms with van der Waals surface area (Å²) in [6, 6.07) is 10.1. The molecule has 102 valence electrons. The van der Waals surface area contributed by atoms with Crippen LogP contribution in [0.15, 0.2) is 30.3 Å². The Labute approximate surface area is 114 Å². The van der Waals surface area contributed by atoms with Crippen molar-refractivity contribution < 1.29 is 5.11 Å². The third-order valence-electron chi connectivity index (χ3n) is 3.22. The van der Waals surface area contributed by atoms with Gasteiger partial charge in [-0.2, -0.15) is 0 Å². The molecule has 3 nitrogen and oxygen atoms in total. The van der Waals surface area contributed by atoms with Crippen LogP contribution in [0.3, 0.4) is 0 Å². The number of hydrogen-bond donors (Lipinski definition) is 1. The molecule has 0 saturated carbocycles. The second kappa shape index (κ2) is 6.02. The molecule has 0 fully saturated rings. The van der Waals surface area contributed by atoms with Gasteiger partial charge in [-0.15, -0.1) is 0 Å². The van der Waals surface area contributed by atoms with E-state index in [4.69, 9.17) is 4.98 Å². The number of aliphatic hydroxyl groups excluding tert-OH is 1. The molecule has 2 rings (SSSR count). The van der Waals surface area contributed by atoms with Gasteiger partial charge in [0.25, 0.3) is 0 Å². The minimum absolute atomic E-state index is 0.0295. The molecule has 1 N–H and O–H groups in total. The zero-order valence-electron chi connectivity index (χ0n) is 11.9. The van der Waals surface area contributed by atoms with E-state index in [0.717, 1.165) is 35.4 Å². The van der Waals surface area contributed by atoms with Gasteiger partial charge >= 0.3 is 0 Å². The maximum Gasteiger partial charge on any atom is 0.134 e. The van der Waals surface area contributed by atoms with Gasteiger partial charge in [-0.05, 0) is 25.0 Å². The van der Waals surface area contributed by atoms with E-state index in [1.807, 2.05) is 30.3 Å². The fraction of sp³-hybridized carbons (Fsp3) is 0.438. The third-order valence-corrected chi connectivity index (χ3v) is 3.22. The lowest BCUT2D eigenvalue weighted by atomic mass is 10.1. The van der Waals surface area contributed by atoms with Gasteiger partial charge in [0.2, 0.25) is 0 Å². The highest BCUT2D eigenvalue weighted by molar-refractivity contribution is 5.81. The van der Waals surface area contributed by atoms with Crippen LogP contribution in [0, 0.1) is 5.92 Å². The van der Waals surface area contributed by atoms with Crippen LogP contribution in [0.5, 0.6) is 0 Å². The summed E-state index contributed by atoms with van der Waals surface area (Å²) in [5.41, 5.74) is 1.89. The quantitative estimate of drug-likeness (QED) is 0.894. The zero-order valence-corrected chi connectivity index (χ0v) is 11.9. The molecule has 0 aliphatic carbocycles. The molecule has 2 aromatic rings. The lowest BCUT2D eigenvalue weighted by Gasteiger charge is -2.26. The summed E-state index contributed by atoms with van der Waals surface area (Å²) in [5, 5.41) is 10.7. The highest BCUT2D eigenvalue weighted by Crippen LogP contribution is 2.24. The summed E-state index contributed by atoms with van der Waals surface area (Å²) >= 11 is 0. The number of fused-ring (bicyclic) bond motifs is 1. The summed E-state index contributed by atoms with van der Waals surface area (Å²) in [6.45, 7) is 8.40. The highest BCUT2D eigenvalue weighted by Gasteiger charge is 2.13. The van der Waals surface area contributed by atoms with E-state index in [-0.39, 0.29) is 6.61 Å². The van der Waals surface area contributed by atoms with Gasteiger partial charge in [0.05, 0.1) is 12.1 Å². The number of anilines is 1. The highest BCUT2D eigenvalue weighted by atomic mass is 16.3. The monoisotopic (exact) mass is 258 g/mol. The Morgan fingerprint density at radius 3 is 2.63 bits per heavy atom. The van der Waals surface area contributed by atoms with E-state index >= 15 is 0 Å². The second-order valence-corrected chi connectivity index (χ2v) is 5.25. The van der Waals surface area contributed by atoms with Crippen molar-refractivity contribution in [2.75, 3.05) is 18.0 Å². The predicted molar refractivity (Wildman–Crippen MR) is 80.4 cm³/mol. The Morgan fingerprint density at radius 2 is 2.00 bits per heavy atom. The first-order valence-corrected chi connectivity index (χ1v) is 6.90. The normalized spacial score (nSPS) is 11.2. The Bertz CT molecular complexity index is 551. The lowest BCUT2D eigenvalue weighted by Crippen LogP contribution is -2.29. The first-order chi connectivity index (χ1) is 9.15. The number of pyridine rings is 1. The van der Waals surface area contributed by atoms with Gasteiger partial charge in [0.15, 0.2) is 0 Å². The second-order valence-electron chi connectivity index (χ2n) is 5.25. The van der Waals surface area contributed by atoms with Crippen LogP contribution in [-0.4, -0.2) is 23.2 Å². The third kappa shape index (κ3) is 3.04. The van der Waals surface area contributed by atoms with Gasteiger partial charge in [-0.1, -0.05) is 32.0 Å². The van der Waals surface area contributed by atoms with Crippen molar-refractivity contribution in [2.24, 2.45) is 5.92 Å². The minimum atomic E-state index is 0.0295. The molecule has 0 bridgehead atoms. The van der Waals surface area contributed by atoms with E-state index in [9.17, 15) is 5.11 Å². The molecule has 3 heteroatoms. The molecule has 0 aliphatic heterocycles. The molecule has 1 aromatic heterocycles. The summed E-state index contributed by atoms with van der Waals surface area (Å²) in [5.74, 6) is 1.48. The molecule has 0 atom stereocenters. The Balaban J connectivity index is 2.50. The Hall–Kier alpha value is -1.61. The first kappa shape index (κ1) is 13.8. The molecule has 0 aliphatic rings. The Morgan fingerprint density at radius 1 is 1.26 bits per heavy atom. The topological polar surface area (TPSA) is 36.4 Å². The summed E-state index contributed by atoms with van der Waals surface area (Å²) < 4.78 is 0. The summed E-state index contributed by atoms with van der Waals surface area (Å²) in [4.78, 5) is 6.97.